The highest BCUT2D eigenvalue weighted by Crippen LogP contribution is 2.42. The molecule has 2 N–H and O–H groups in total. The van der Waals surface area contributed by atoms with Crippen LogP contribution in [0.3, 0.4) is 0 Å². The molecule has 9 heteroatoms. The second kappa shape index (κ2) is 9.20. The van der Waals surface area contributed by atoms with Crippen molar-refractivity contribution < 1.29 is 9.18 Å². The Hall–Kier alpha value is -2.36. The van der Waals surface area contributed by atoms with E-state index in [1.165, 1.54) is 12.1 Å². The molecule has 2 atom stereocenters. The number of thiocarbonyl (C=S) groups is 1. The first kappa shape index (κ1) is 20.9. The fourth-order valence-electron chi connectivity index (χ4n) is 3.42. The summed E-state index contributed by atoms with van der Waals surface area (Å²) in [4.78, 5) is 20.1. The summed E-state index contributed by atoms with van der Waals surface area (Å²) in [7, 11) is 0. The third kappa shape index (κ3) is 4.69. The van der Waals surface area contributed by atoms with E-state index in [2.05, 4.69) is 37.6 Å². The number of hydrogen-bond acceptors (Lipinski definition) is 4. The second-order valence-corrected chi connectivity index (χ2v) is 9.65. The Morgan fingerprint density at radius 3 is 2.70 bits per heavy atom. The van der Waals surface area contributed by atoms with Crippen molar-refractivity contribution in [1.29, 1.82) is 0 Å². The fraction of sp³-hybridized carbons (Fsp3) is 0.190. The van der Waals surface area contributed by atoms with E-state index in [9.17, 15) is 9.18 Å². The van der Waals surface area contributed by atoms with Gasteiger partial charge in [-0.25, -0.2) is 4.39 Å². The minimum atomic E-state index is -0.341. The van der Waals surface area contributed by atoms with Crippen LogP contribution in [-0.2, 0) is 4.79 Å². The number of thiophene rings is 1. The summed E-state index contributed by atoms with van der Waals surface area (Å²) in [6, 6.07) is 15.4. The Kier molecular flexibility index (Phi) is 6.40. The average Bonchev–Trinajstić information content (AvgIpc) is 3.31. The minimum absolute atomic E-state index is 0.0673. The first-order valence-electron chi connectivity index (χ1n) is 9.30. The SMILES string of the molecule is O=C(CCN1C(=S)NC(c2ccccn2)C1c1ccc(Br)s1)Nc1ccc(F)cc1. The Balaban J connectivity index is 1.51. The molecular weight excluding hydrogens is 487 g/mol. The van der Waals surface area contributed by atoms with Gasteiger partial charge < -0.3 is 15.5 Å². The van der Waals surface area contributed by atoms with Gasteiger partial charge >= 0.3 is 0 Å². The Labute approximate surface area is 191 Å². The maximum atomic E-state index is 13.1. The quantitative estimate of drug-likeness (QED) is 0.460. The van der Waals surface area contributed by atoms with Crippen molar-refractivity contribution in [3.8, 4) is 0 Å². The molecule has 5 nitrogen and oxygen atoms in total. The number of nitrogens with zero attached hydrogens (tertiary/aromatic N) is 2. The van der Waals surface area contributed by atoms with Crippen molar-refractivity contribution in [3.05, 3.63) is 81.0 Å². The van der Waals surface area contributed by atoms with Crippen LogP contribution in [0.4, 0.5) is 10.1 Å². The van der Waals surface area contributed by atoms with E-state index in [0.29, 0.717) is 17.3 Å². The van der Waals surface area contributed by atoms with Gasteiger partial charge in [0.1, 0.15) is 5.82 Å². The standard InChI is InChI=1S/C21H18BrFN4OS2/c22-17-9-8-16(30-17)20-19(15-3-1-2-11-24-15)26-21(29)27(20)12-10-18(28)25-14-6-4-13(23)5-7-14/h1-9,11,19-20H,10,12H2,(H,25,28)(H,26,29). The van der Waals surface area contributed by atoms with Crippen molar-refractivity contribution in [1.82, 2.24) is 15.2 Å². The number of benzene rings is 1. The van der Waals surface area contributed by atoms with E-state index < -0.39 is 0 Å². The lowest BCUT2D eigenvalue weighted by Gasteiger charge is -2.26. The molecule has 1 aliphatic heterocycles. The van der Waals surface area contributed by atoms with Gasteiger partial charge in [0.05, 0.1) is 21.6 Å². The fourth-order valence-corrected chi connectivity index (χ4v) is 5.33. The molecule has 3 heterocycles. The van der Waals surface area contributed by atoms with Gasteiger partial charge in [0.2, 0.25) is 5.91 Å². The number of rotatable bonds is 6. The highest BCUT2D eigenvalue weighted by molar-refractivity contribution is 9.11. The zero-order valence-electron chi connectivity index (χ0n) is 15.7. The van der Waals surface area contributed by atoms with Gasteiger partial charge in [-0.15, -0.1) is 11.3 Å². The van der Waals surface area contributed by atoms with Crippen LogP contribution in [0.15, 0.2) is 64.6 Å². The zero-order valence-corrected chi connectivity index (χ0v) is 18.9. The molecule has 0 spiro atoms. The molecule has 0 aliphatic carbocycles. The predicted octanol–water partition coefficient (Wildman–Crippen LogP) is 5.05. The lowest BCUT2D eigenvalue weighted by Crippen LogP contribution is -2.32. The van der Waals surface area contributed by atoms with Crippen molar-refractivity contribution in [2.24, 2.45) is 0 Å². The molecule has 154 valence electrons. The number of hydrogen-bond donors (Lipinski definition) is 2. The molecular formula is C21H18BrFN4OS2. The van der Waals surface area contributed by atoms with Crippen molar-refractivity contribution >= 4 is 56.2 Å². The van der Waals surface area contributed by atoms with Gasteiger partial charge in [-0.2, -0.15) is 0 Å². The molecule has 1 fully saturated rings. The van der Waals surface area contributed by atoms with E-state index in [0.717, 1.165) is 14.4 Å². The number of anilines is 1. The molecule has 0 bridgehead atoms. The maximum Gasteiger partial charge on any atom is 0.226 e. The van der Waals surface area contributed by atoms with Crippen LogP contribution in [0.5, 0.6) is 0 Å². The van der Waals surface area contributed by atoms with E-state index in [4.69, 9.17) is 12.2 Å². The largest absolute Gasteiger partial charge is 0.352 e. The Bertz CT molecular complexity index is 1040. The summed E-state index contributed by atoms with van der Waals surface area (Å²) in [5, 5.41) is 6.76. The Morgan fingerprint density at radius 2 is 2.03 bits per heavy atom. The highest BCUT2D eigenvalue weighted by Gasteiger charge is 2.40. The van der Waals surface area contributed by atoms with Crippen LogP contribution < -0.4 is 10.6 Å². The first-order valence-corrected chi connectivity index (χ1v) is 11.3. The third-order valence-electron chi connectivity index (χ3n) is 4.79. The topological polar surface area (TPSA) is 57.3 Å². The van der Waals surface area contributed by atoms with Crippen LogP contribution >= 0.6 is 39.5 Å². The van der Waals surface area contributed by atoms with Gasteiger partial charge in [-0.1, -0.05) is 6.07 Å². The summed E-state index contributed by atoms with van der Waals surface area (Å²) in [5.41, 5.74) is 1.46. The predicted molar refractivity (Wildman–Crippen MR) is 124 cm³/mol. The van der Waals surface area contributed by atoms with E-state index in [-0.39, 0.29) is 30.2 Å². The number of carbonyl (C=O) groups is 1. The van der Waals surface area contributed by atoms with Gasteiger partial charge in [0, 0.05) is 29.7 Å². The van der Waals surface area contributed by atoms with E-state index in [1.807, 2.05) is 29.2 Å². The molecule has 1 aromatic carbocycles. The molecule has 1 saturated heterocycles. The number of nitrogens with one attached hydrogen (secondary N) is 2. The number of amides is 1. The number of aromatic nitrogens is 1. The third-order valence-corrected chi connectivity index (χ3v) is 6.84. The summed E-state index contributed by atoms with van der Waals surface area (Å²) >= 11 is 10.8. The summed E-state index contributed by atoms with van der Waals surface area (Å²) in [6.07, 6.45) is 2.01. The Morgan fingerprint density at radius 1 is 1.23 bits per heavy atom. The van der Waals surface area contributed by atoms with Crippen LogP contribution in [0.25, 0.3) is 0 Å². The number of halogens is 2. The zero-order chi connectivity index (χ0) is 21.1. The highest BCUT2D eigenvalue weighted by atomic mass is 79.9. The summed E-state index contributed by atoms with van der Waals surface area (Å²) in [5.74, 6) is -0.496. The van der Waals surface area contributed by atoms with Crippen LogP contribution in [-0.4, -0.2) is 27.4 Å². The van der Waals surface area contributed by atoms with Gasteiger partial charge in [0.25, 0.3) is 0 Å². The molecule has 1 aliphatic rings. The molecule has 4 rings (SSSR count). The molecule has 3 aromatic rings. The molecule has 0 radical (unpaired) electrons. The van der Waals surface area contributed by atoms with E-state index >= 15 is 0 Å². The molecule has 2 aromatic heterocycles. The van der Waals surface area contributed by atoms with Crippen LogP contribution in [0.2, 0.25) is 0 Å². The maximum absolute atomic E-state index is 13.1. The minimum Gasteiger partial charge on any atom is -0.352 e. The first-order chi connectivity index (χ1) is 14.5. The number of pyridine rings is 1. The lowest BCUT2D eigenvalue weighted by atomic mass is 10.0. The average molecular weight is 505 g/mol. The van der Waals surface area contributed by atoms with Crippen LogP contribution in [0.1, 0.15) is 29.1 Å². The van der Waals surface area contributed by atoms with Crippen LogP contribution in [0, 0.1) is 5.82 Å². The van der Waals surface area contributed by atoms with E-state index in [1.54, 1.807) is 29.7 Å². The summed E-state index contributed by atoms with van der Waals surface area (Å²) in [6.45, 7) is 0.447. The normalized spacial score (nSPS) is 18.3. The lowest BCUT2D eigenvalue weighted by molar-refractivity contribution is -0.116. The number of carbonyl (C=O) groups excluding carboxylic acids is 1. The second-order valence-electron chi connectivity index (χ2n) is 6.77. The molecule has 30 heavy (non-hydrogen) atoms. The monoisotopic (exact) mass is 504 g/mol. The van der Waals surface area contributed by atoms with Gasteiger partial charge in [0.15, 0.2) is 5.11 Å². The summed E-state index contributed by atoms with van der Waals surface area (Å²) < 4.78 is 14.1. The molecule has 1 amide bonds. The van der Waals surface area contributed by atoms with Gasteiger partial charge in [-0.3, -0.25) is 9.78 Å². The van der Waals surface area contributed by atoms with Crippen molar-refractivity contribution in [2.75, 3.05) is 11.9 Å². The smallest absolute Gasteiger partial charge is 0.226 e. The molecule has 0 saturated carbocycles. The van der Waals surface area contributed by atoms with Crippen molar-refractivity contribution in [2.45, 2.75) is 18.5 Å². The molecule has 2 unspecified atom stereocenters. The van der Waals surface area contributed by atoms with Crippen molar-refractivity contribution in [3.63, 3.8) is 0 Å². The van der Waals surface area contributed by atoms with Gasteiger partial charge in [-0.05, 0) is 76.7 Å².